The van der Waals surface area contributed by atoms with Crippen molar-refractivity contribution in [2.45, 2.75) is 19.4 Å². The van der Waals surface area contributed by atoms with Gasteiger partial charge in [-0.2, -0.15) is 0 Å². The standard InChI is InChI=1S/C7H11BrN2O2/c1-2-7(11)9-4-5-3-6(8)10-12-5/h3,5,10H,2,4H2,1H3,(H,9,11). The van der Waals surface area contributed by atoms with Crippen LogP contribution in [-0.2, 0) is 9.63 Å². The average molecular weight is 235 g/mol. The maximum atomic E-state index is 10.8. The van der Waals surface area contributed by atoms with Gasteiger partial charge in [0.25, 0.3) is 0 Å². The molecule has 0 aromatic rings. The molecule has 68 valence electrons. The van der Waals surface area contributed by atoms with Crippen LogP contribution < -0.4 is 10.8 Å². The first-order valence-corrected chi connectivity index (χ1v) is 4.57. The van der Waals surface area contributed by atoms with Crippen LogP contribution >= 0.6 is 15.9 Å². The van der Waals surface area contributed by atoms with E-state index in [4.69, 9.17) is 4.84 Å². The van der Waals surface area contributed by atoms with Crippen LogP contribution in [0, 0.1) is 0 Å². The number of rotatable bonds is 3. The van der Waals surface area contributed by atoms with Gasteiger partial charge in [0.15, 0.2) is 0 Å². The van der Waals surface area contributed by atoms with Crippen molar-refractivity contribution in [3.05, 3.63) is 10.7 Å². The summed E-state index contributed by atoms with van der Waals surface area (Å²) in [6.07, 6.45) is 2.29. The van der Waals surface area contributed by atoms with E-state index in [1.165, 1.54) is 0 Å². The van der Waals surface area contributed by atoms with E-state index in [0.29, 0.717) is 13.0 Å². The lowest BCUT2D eigenvalue weighted by Gasteiger charge is -2.07. The first-order chi connectivity index (χ1) is 5.72. The maximum Gasteiger partial charge on any atom is 0.219 e. The van der Waals surface area contributed by atoms with Gasteiger partial charge in [-0.1, -0.05) is 6.92 Å². The Hall–Kier alpha value is -0.550. The highest BCUT2D eigenvalue weighted by molar-refractivity contribution is 9.11. The van der Waals surface area contributed by atoms with Gasteiger partial charge in [0.2, 0.25) is 5.91 Å². The molecule has 0 aromatic heterocycles. The van der Waals surface area contributed by atoms with Crippen LogP contribution in [0.2, 0.25) is 0 Å². The summed E-state index contributed by atoms with van der Waals surface area (Å²) in [5.74, 6) is 0.0371. The lowest BCUT2D eigenvalue weighted by molar-refractivity contribution is -0.121. The summed E-state index contributed by atoms with van der Waals surface area (Å²) in [4.78, 5) is 15.9. The number of halogens is 1. The van der Waals surface area contributed by atoms with Crippen LogP contribution in [0.15, 0.2) is 10.7 Å². The van der Waals surface area contributed by atoms with Gasteiger partial charge in [-0.3, -0.25) is 15.1 Å². The monoisotopic (exact) mass is 234 g/mol. The summed E-state index contributed by atoms with van der Waals surface area (Å²) in [6.45, 7) is 2.32. The smallest absolute Gasteiger partial charge is 0.219 e. The van der Waals surface area contributed by atoms with E-state index in [9.17, 15) is 4.79 Å². The fourth-order valence-corrected chi connectivity index (χ4v) is 1.19. The lowest BCUT2D eigenvalue weighted by atomic mass is 10.3. The molecule has 0 aliphatic carbocycles. The minimum atomic E-state index is -0.0742. The van der Waals surface area contributed by atoms with Gasteiger partial charge >= 0.3 is 0 Å². The number of hydrogen-bond acceptors (Lipinski definition) is 3. The third-order valence-electron chi connectivity index (χ3n) is 1.46. The second-order valence-corrected chi connectivity index (χ2v) is 3.28. The molecule has 1 amide bonds. The minimum absolute atomic E-state index is 0.0371. The molecule has 0 saturated carbocycles. The van der Waals surface area contributed by atoms with Crippen molar-refractivity contribution in [1.82, 2.24) is 10.8 Å². The van der Waals surface area contributed by atoms with E-state index in [-0.39, 0.29) is 12.0 Å². The molecule has 1 rings (SSSR count). The van der Waals surface area contributed by atoms with Gasteiger partial charge in [0.05, 0.1) is 6.54 Å². The van der Waals surface area contributed by atoms with Gasteiger partial charge in [0, 0.05) is 6.42 Å². The number of hydrogen-bond donors (Lipinski definition) is 2. The van der Waals surface area contributed by atoms with E-state index < -0.39 is 0 Å². The van der Waals surface area contributed by atoms with Gasteiger partial charge < -0.3 is 5.32 Å². The van der Waals surface area contributed by atoms with Crippen molar-refractivity contribution in [2.24, 2.45) is 0 Å². The van der Waals surface area contributed by atoms with Crippen LogP contribution in [0.3, 0.4) is 0 Å². The summed E-state index contributed by atoms with van der Waals surface area (Å²) in [6, 6.07) is 0. The highest BCUT2D eigenvalue weighted by Crippen LogP contribution is 2.10. The fraction of sp³-hybridized carbons (Fsp3) is 0.571. The van der Waals surface area contributed by atoms with Crippen LogP contribution in [0.5, 0.6) is 0 Å². The molecule has 1 atom stereocenters. The predicted molar refractivity (Wildman–Crippen MR) is 48.3 cm³/mol. The molecule has 0 saturated heterocycles. The van der Waals surface area contributed by atoms with E-state index in [2.05, 4.69) is 26.7 Å². The zero-order chi connectivity index (χ0) is 8.97. The third-order valence-corrected chi connectivity index (χ3v) is 1.89. The fourth-order valence-electron chi connectivity index (χ4n) is 0.803. The van der Waals surface area contributed by atoms with Crippen LogP contribution in [0.4, 0.5) is 0 Å². The zero-order valence-corrected chi connectivity index (χ0v) is 8.35. The Labute approximate surface area is 79.4 Å². The quantitative estimate of drug-likeness (QED) is 0.706. The molecule has 0 aromatic carbocycles. The van der Waals surface area contributed by atoms with Crippen molar-refractivity contribution in [1.29, 1.82) is 0 Å². The van der Waals surface area contributed by atoms with E-state index >= 15 is 0 Å². The van der Waals surface area contributed by atoms with Gasteiger partial charge in [-0.25, -0.2) is 0 Å². The van der Waals surface area contributed by atoms with E-state index in [1.807, 2.05) is 13.0 Å². The molecule has 1 aliphatic rings. The first kappa shape index (κ1) is 9.54. The average Bonchev–Trinajstić information content (AvgIpc) is 2.47. The van der Waals surface area contributed by atoms with Crippen molar-refractivity contribution in [3.8, 4) is 0 Å². The van der Waals surface area contributed by atoms with Gasteiger partial charge in [0.1, 0.15) is 10.7 Å². The molecule has 4 nitrogen and oxygen atoms in total. The topological polar surface area (TPSA) is 50.4 Å². The minimum Gasteiger partial charge on any atom is -0.353 e. The van der Waals surface area contributed by atoms with Crippen LogP contribution in [0.25, 0.3) is 0 Å². The number of carbonyl (C=O) groups is 1. The van der Waals surface area contributed by atoms with Crippen molar-refractivity contribution < 1.29 is 9.63 Å². The summed E-state index contributed by atoms with van der Waals surface area (Å²) in [7, 11) is 0. The third kappa shape index (κ3) is 2.83. The highest BCUT2D eigenvalue weighted by Gasteiger charge is 2.14. The molecule has 1 unspecified atom stereocenters. The Morgan fingerprint density at radius 1 is 1.92 bits per heavy atom. The Morgan fingerprint density at radius 3 is 3.17 bits per heavy atom. The second-order valence-electron chi connectivity index (χ2n) is 2.43. The van der Waals surface area contributed by atoms with Crippen molar-refractivity contribution in [3.63, 3.8) is 0 Å². The maximum absolute atomic E-state index is 10.8. The molecule has 1 heterocycles. The summed E-state index contributed by atoms with van der Waals surface area (Å²) in [5, 5.41) is 2.73. The van der Waals surface area contributed by atoms with Gasteiger partial charge in [-0.15, -0.1) is 0 Å². The Bertz CT molecular complexity index is 206. The van der Waals surface area contributed by atoms with E-state index in [1.54, 1.807) is 0 Å². The zero-order valence-electron chi connectivity index (χ0n) is 6.76. The molecule has 0 fully saturated rings. The molecule has 1 aliphatic heterocycles. The second kappa shape index (κ2) is 4.47. The summed E-state index contributed by atoms with van der Waals surface area (Å²) < 4.78 is 0.804. The molecule has 12 heavy (non-hydrogen) atoms. The predicted octanol–water partition coefficient (Wildman–Crippen LogP) is 0.652. The Morgan fingerprint density at radius 2 is 2.67 bits per heavy atom. The number of amides is 1. The SMILES string of the molecule is CCC(=O)NCC1C=C(Br)NO1. The summed E-state index contributed by atoms with van der Waals surface area (Å²) in [5.41, 5.74) is 2.64. The molecule has 0 bridgehead atoms. The Balaban J connectivity index is 2.20. The molecule has 5 heteroatoms. The molecule has 0 spiro atoms. The largest absolute Gasteiger partial charge is 0.353 e. The van der Waals surface area contributed by atoms with Crippen molar-refractivity contribution in [2.75, 3.05) is 6.54 Å². The molecular weight excluding hydrogens is 224 g/mol. The normalized spacial score (nSPS) is 21.5. The number of carbonyl (C=O) groups excluding carboxylic acids is 1. The number of nitrogens with one attached hydrogen (secondary N) is 2. The number of hydroxylamine groups is 1. The van der Waals surface area contributed by atoms with Crippen molar-refractivity contribution >= 4 is 21.8 Å². The van der Waals surface area contributed by atoms with E-state index in [0.717, 1.165) is 4.61 Å². The molecule has 0 radical (unpaired) electrons. The summed E-state index contributed by atoms with van der Waals surface area (Å²) >= 11 is 3.22. The van der Waals surface area contributed by atoms with Crippen LogP contribution in [0.1, 0.15) is 13.3 Å². The molecule has 2 N–H and O–H groups in total. The highest BCUT2D eigenvalue weighted by atomic mass is 79.9. The lowest BCUT2D eigenvalue weighted by Crippen LogP contribution is -2.31. The first-order valence-electron chi connectivity index (χ1n) is 3.78. The molecular formula is C7H11BrN2O2. The Kier molecular flexibility index (Phi) is 3.55. The van der Waals surface area contributed by atoms with Crippen LogP contribution in [-0.4, -0.2) is 18.6 Å². The van der Waals surface area contributed by atoms with Gasteiger partial charge in [-0.05, 0) is 22.0 Å².